The highest BCUT2D eigenvalue weighted by Gasteiger charge is 2.20. The average Bonchev–Trinajstić information content (AvgIpc) is 3.03. The van der Waals surface area contributed by atoms with E-state index in [0.717, 1.165) is 5.56 Å². The van der Waals surface area contributed by atoms with Crippen molar-refractivity contribution in [2.45, 2.75) is 19.3 Å². The fourth-order valence-corrected chi connectivity index (χ4v) is 2.55. The van der Waals surface area contributed by atoms with E-state index < -0.39 is 0 Å². The Bertz CT molecular complexity index is 731. The minimum Gasteiger partial charge on any atom is -0.354 e. The zero-order valence-electron chi connectivity index (χ0n) is 14.1. The summed E-state index contributed by atoms with van der Waals surface area (Å²) in [6.07, 6.45) is 0.326. The Morgan fingerprint density at radius 2 is 2.16 bits per heavy atom. The Balaban J connectivity index is 1.54. The van der Waals surface area contributed by atoms with Gasteiger partial charge in [-0.15, -0.1) is 0 Å². The molecule has 0 radical (unpaired) electrons. The number of nitrogens with zero attached hydrogens (tertiary/aromatic N) is 3. The molecule has 25 heavy (non-hydrogen) atoms. The second-order valence-electron chi connectivity index (χ2n) is 6.00. The summed E-state index contributed by atoms with van der Waals surface area (Å²) in [5.74, 6) is 0.876. The van der Waals surface area contributed by atoms with Gasteiger partial charge in [0.15, 0.2) is 0 Å². The first kappa shape index (κ1) is 16.9. The van der Waals surface area contributed by atoms with Crippen LogP contribution in [0.3, 0.4) is 0 Å². The Labute approximate surface area is 145 Å². The van der Waals surface area contributed by atoms with E-state index in [1.54, 1.807) is 4.90 Å². The summed E-state index contributed by atoms with van der Waals surface area (Å²) in [4.78, 5) is 29.6. The van der Waals surface area contributed by atoms with Gasteiger partial charge in [-0.05, 0) is 0 Å². The molecule has 1 aliphatic heterocycles. The minimum atomic E-state index is -0.189. The Kier molecular flexibility index (Phi) is 5.27. The molecule has 1 fully saturated rings. The molecule has 1 unspecified atom stereocenters. The molecule has 1 aromatic carbocycles. The molecule has 8 heteroatoms. The lowest BCUT2D eigenvalue weighted by Gasteiger charge is -2.20. The predicted molar refractivity (Wildman–Crippen MR) is 90.7 cm³/mol. The summed E-state index contributed by atoms with van der Waals surface area (Å²) >= 11 is 0. The molecule has 0 aliphatic carbocycles. The molecule has 2 heterocycles. The van der Waals surface area contributed by atoms with Crippen molar-refractivity contribution in [1.82, 2.24) is 25.7 Å². The second kappa shape index (κ2) is 7.78. The van der Waals surface area contributed by atoms with E-state index in [-0.39, 0.29) is 17.9 Å². The van der Waals surface area contributed by atoms with Crippen LogP contribution in [0.5, 0.6) is 0 Å². The van der Waals surface area contributed by atoms with Crippen molar-refractivity contribution in [1.29, 1.82) is 0 Å². The molecule has 0 saturated carbocycles. The normalized spacial score (nSPS) is 16.0. The van der Waals surface area contributed by atoms with Crippen molar-refractivity contribution < 1.29 is 14.1 Å². The number of benzene rings is 1. The van der Waals surface area contributed by atoms with Gasteiger partial charge in [0, 0.05) is 38.2 Å². The number of hydrogen-bond acceptors (Lipinski definition) is 5. The fourth-order valence-electron chi connectivity index (χ4n) is 2.55. The van der Waals surface area contributed by atoms with E-state index in [0.29, 0.717) is 44.3 Å². The van der Waals surface area contributed by atoms with Gasteiger partial charge in [0.05, 0.1) is 5.92 Å². The molecular formula is C17H21N5O3. The van der Waals surface area contributed by atoms with Crippen LogP contribution in [0, 0.1) is 0 Å². The lowest BCUT2D eigenvalue weighted by atomic mass is 10.2. The lowest BCUT2D eigenvalue weighted by molar-refractivity contribution is -0.120. The number of rotatable bonds is 4. The number of carbonyl (C=O) groups excluding carboxylic acids is 2. The van der Waals surface area contributed by atoms with Crippen molar-refractivity contribution in [3.8, 4) is 11.4 Å². The minimum absolute atomic E-state index is 0.0250. The van der Waals surface area contributed by atoms with Crippen LogP contribution in [0.4, 0.5) is 4.79 Å². The van der Waals surface area contributed by atoms with Crippen molar-refractivity contribution >= 4 is 11.9 Å². The van der Waals surface area contributed by atoms with Gasteiger partial charge < -0.3 is 20.1 Å². The van der Waals surface area contributed by atoms with E-state index >= 15 is 0 Å². The zero-order chi connectivity index (χ0) is 17.6. The number of urea groups is 1. The highest BCUT2D eigenvalue weighted by atomic mass is 16.5. The van der Waals surface area contributed by atoms with Gasteiger partial charge in [-0.1, -0.05) is 42.4 Å². The van der Waals surface area contributed by atoms with Crippen molar-refractivity contribution in [2.75, 3.05) is 26.2 Å². The molecule has 1 saturated heterocycles. The van der Waals surface area contributed by atoms with Crippen LogP contribution in [-0.2, 0) is 4.79 Å². The third kappa shape index (κ3) is 4.34. The van der Waals surface area contributed by atoms with Gasteiger partial charge >= 0.3 is 6.03 Å². The Morgan fingerprint density at radius 3 is 2.96 bits per heavy atom. The maximum atomic E-state index is 12.2. The number of amides is 3. The molecule has 2 N–H and O–H groups in total. The van der Waals surface area contributed by atoms with Crippen molar-refractivity contribution in [2.24, 2.45) is 0 Å². The van der Waals surface area contributed by atoms with Crippen LogP contribution < -0.4 is 10.6 Å². The Hall–Kier alpha value is -2.90. The zero-order valence-corrected chi connectivity index (χ0v) is 14.1. The predicted octanol–water partition coefficient (Wildman–Crippen LogP) is 1.37. The van der Waals surface area contributed by atoms with Gasteiger partial charge in [-0.25, -0.2) is 4.79 Å². The first-order valence-corrected chi connectivity index (χ1v) is 8.32. The van der Waals surface area contributed by atoms with Crippen molar-refractivity contribution in [3.05, 3.63) is 36.2 Å². The monoisotopic (exact) mass is 343 g/mol. The molecule has 3 rings (SSSR count). The highest BCUT2D eigenvalue weighted by Crippen LogP contribution is 2.19. The van der Waals surface area contributed by atoms with E-state index in [1.165, 1.54) is 0 Å². The molecule has 8 nitrogen and oxygen atoms in total. The lowest BCUT2D eigenvalue weighted by Crippen LogP contribution is -2.42. The van der Waals surface area contributed by atoms with E-state index in [1.807, 2.05) is 37.3 Å². The summed E-state index contributed by atoms with van der Waals surface area (Å²) < 4.78 is 5.31. The summed E-state index contributed by atoms with van der Waals surface area (Å²) in [5, 5.41) is 9.60. The summed E-state index contributed by atoms with van der Waals surface area (Å²) in [7, 11) is 0. The molecule has 3 amide bonds. The van der Waals surface area contributed by atoms with Crippen LogP contribution in [0.2, 0.25) is 0 Å². The number of hydrogen-bond donors (Lipinski definition) is 2. The standard InChI is InChI=1S/C17H21N5O3/c1-12(11-19-17(24)22-9-7-14(23)18-8-10-22)16-20-15(21-25-16)13-5-3-2-4-6-13/h2-6,12H,7-11H2,1H3,(H,18,23)(H,19,24). The van der Waals surface area contributed by atoms with Gasteiger partial charge in [0.2, 0.25) is 17.6 Å². The van der Waals surface area contributed by atoms with Gasteiger partial charge in [-0.3, -0.25) is 4.79 Å². The van der Waals surface area contributed by atoms with Gasteiger partial charge in [0.1, 0.15) is 0 Å². The fraction of sp³-hybridized carbons (Fsp3) is 0.412. The first-order valence-electron chi connectivity index (χ1n) is 8.32. The molecule has 1 aliphatic rings. The molecule has 2 aromatic rings. The smallest absolute Gasteiger partial charge is 0.317 e. The van der Waals surface area contributed by atoms with Crippen molar-refractivity contribution in [3.63, 3.8) is 0 Å². The van der Waals surface area contributed by atoms with Crippen LogP contribution in [0.25, 0.3) is 11.4 Å². The highest BCUT2D eigenvalue weighted by molar-refractivity contribution is 5.79. The number of nitrogens with one attached hydrogen (secondary N) is 2. The third-order valence-electron chi connectivity index (χ3n) is 4.05. The van der Waals surface area contributed by atoms with E-state index in [9.17, 15) is 9.59 Å². The first-order chi connectivity index (χ1) is 12.1. The topological polar surface area (TPSA) is 100 Å². The largest absolute Gasteiger partial charge is 0.354 e. The van der Waals surface area contributed by atoms with Crippen LogP contribution in [0.1, 0.15) is 25.2 Å². The number of aromatic nitrogens is 2. The molecule has 1 aromatic heterocycles. The molecule has 132 valence electrons. The SMILES string of the molecule is CC(CNC(=O)N1CCNC(=O)CC1)c1nc(-c2ccccc2)no1. The molecule has 0 bridgehead atoms. The average molecular weight is 343 g/mol. The van der Waals surface area contributed by atoms with E-state index in [2.05, 4.69) is 20.8 Å². The third-order valence-corrected chi connectivity index (χ3v) is 4.05. The summed E-state index contributed by atoms with van der Waals surface area (Å²) in [6.45, 7) is 3.70. The van der Waals surface area contributed by atoms with Crippen LogP contribution >= 0.6 is 0 Å². The van der Waals surface area contributed by atoms with Gasteiger partial charge in [0.25, 0.3) is 0 Å². The molecule has 1 atom stereocenters. The molecular weight excluding hydrogens is 322 g/mol. The van der Waals surface area contributed by atoms with Gasteiger partial charge in [-0.2, -0.15) is 4.98 Å². The second-order valence-corrected chi connectivity index (χ2v) is 6.00. The van der Waals surface area contributed by atoms with E-state index in [4.69, 9.17) is 4.52 Å². The van der Waals surface area contributed by atoms with Crippen LogP contribution in [0.15, 0.2) is 34.9 Å². The Morgan fingerprint density at radius 1 is 1.36 bits per heavy atom. The number of carbonyl (C=O) groups is 2. The maximum absolute atomic E-state index is 12.2. The van der Waals surface area contributed by atoms with Crippen LogP contribution in [-0.4, -0.2) is 53.2 Å². The summed E-state index contributed by atoms with van der Waals surface area (Å²) in [6, 6.07) is 9.39. The molecule has 0 spiro atoms. The quantitative estimate of drug-likeness (QED) is 0.873. The maximum Gasteiger partial charge on any atom is 0.317 e. The summed E-state index contributed by atoms with van der Waals surface area (Å²) in [5.41, 5.74) is 0.885.